The average molecular weight is 436 g/mol. The normalized spacial score (nSPS) is 12.4. The predicted molar refractivity (Wildman–Crippen MR) is 93.4 cm³/mol. The van der Waals surface area contributed by atoms with Crippen LogP contribution in [-0.4, -0.2) is 6.54 Å². The third kappa shape index (κ3) is 4.28. The minimum Gasteiger partial charge on any atom is -0.306 e. The highest BCUT2D eigenvalue weighted by molar-refractivity contribution is 9.10. The van der Waals surface area contributed by atoms with E-state index in [1.54, 1.807) is 12.1 Å². The van der Waals surface area contributed by atoms with Crippen molar-refractivity contribution in [3.05, 3.63) is 67.3 Å². The average Bonchev–Trinajstić information content (AvgIpc) is 2.44. The molecule has 1 N–H and O–H groups in total. The second kappa shape index (κ2) is 7.73. The van der Waals surface area contributed by atoms with Crippen molar-refractivity contribution in [3.8, 4) is 0 Å². The molecule has 0 radical (unpaired) electrons. The molecule has 0 aromatic heterocycles. The Morgan fingerprint density at radius 2 is 1.95 bits per heavy atom. The van der Waals surface area contributed by atoms with Gasteiger partial charge in [0.1, 0.15) is 5.82 Å². The van der Waals surface area contributed by atoms with Crippen molar-refractivity contribution in [3.63, 3.8) is 0 Å². The number of hydrogen-bond donors (Lipinski definition) is 1. The van der Waals surface area contributed by atoms with E-state index in [0.29, 0.717) is 9.50 Å². The van der Waals surface area contributed by atoms with Crippen molar-refractivity contribution >= 4 is 43.5 Å². The van der Waals surface area contributed by atoms with Gasteiger partial charge in [-0.05, 0) is 64.3 Å². The molecule has 1 unspecified atom stereocenters. The third-order valence-electron chi connectivity index (χ3n) is 3.15. The van der Waals surface area contributed by atoms with Crippen LogP contribution in [0, 0.1) is 5.82 Å². The van der Waals surface area contributed by atoms with Gasteiger partial charge in [-0.2, -0.15) is 0 Å². The fourth-order valence-electron chi connectivity index (χ4n) is 2.12. The summed E-state index contributed by atoms with van der Waals surface area (Å²) in [4.78, 5) is 0. The highest BCUT2D eigenvalue weighted by Gasteiger charge is 2.17. The largest absolute Gasteiger partial charge is 0.306 e. The molecule has 2 rings (SSSR count). The summed E-state index contributed by atoms with van der Waals surface area (Å²) in [6, 6.07) is 10.8. The molecule has 2 aromatic rings. The zero-order valence-electron chi connectivity index (χ0n) is 11.5. The number of nitrogens with one attached hydrogen (secondary N) is 1. The molecule has 0 aliphatic heterocycles. The van der Waals surface area contributed by atoms with Crippen molar-refractivity contribution in [2.75, 3.05) is 6.54 Å². The van der Waals surface area contributed by atoms with Crippen LogP contribution >= 0.6 is 43.5 Å². The van der Waals surface area contributed by atoms with Crippen molar-refractivity contribution in [1.29, 1.82) is 0 Å². The first kappa shape index (κ1) is 16.9. The monoisotopic (exact) mass is 433 g/mol. The molecule has 2 aromatic carbocycles. The van der Waals surface area contributed by atoms with Gasteiger partial charge in [-0.25, -0.2) is 4.39 Å². The second-order valence-electron chi connectivity index (χ2n) is 4.73. The molecule has 0 fully saturated rings. The van der Waals surface area contributed by atoms with Crippen LogP contribution in [0.1, 0.15) is 30.5 Å². The van der Waals surface area contributed by atoms with E-state index in [2.05, 4.69) is 44.1 Å². The Hall–Kier alpha value is -0.420. The van der Waals surface area contributed by atoms with Crippen LogP contribution in [0.15, 0.2) is 45.3 Å². The Balaban J connectivity index is 2.44. The number of hydrogen-bond acceptors (Lipinski definition) is 1. The summed E-state index contributed by atoms with van der Waals surface area (Å²) >= 11 is 13.0. The van der Waals surface area contributed by atoms with Crippen molar-refractivity contribution < 1.29 is 4.39 Å². The highest BCUT2D eigenvalue weighted by Crippen LogP contribution is 2.32. The van der Waals surface area contributed by atoms with E-state index in [4.69, 9.17) is 11.6 Å². The SMILES string of the molecule is CCCNC(c1ccc(F)c(Br)c1)c1ccc(Br)cc1Cl. The first-order valence-electron chi connectivity index (χ1n) is 6.66. The minimum absolute atomic E-state index is 0.0672. The molecule has 0 heterocycles. The molecule has 0 saturated carbocycles. The molecular weight excluding hydrogens is 420 g/mol. The lowest BCUT2D eigenvalue weighted by molar-refractivity contribution is 0.591. The summed E-state index contributed by atoms with van der Waals surface area (Å²) in [6.07, 6.45) is 1.01. The number of halogens is 4. The predicted octanol–water partition coefficient (Wildman–Crippen LogP) is 6.09. The van der Waals surface area contributed by atoms with Gasteiger partial charge in [0.25, 0.3) is 0 Å². The molecule has 5 heteroatoms. The lowest BCUT2D eigenvalue weighted by Gasteiger charge is -2.21. The maximum Gasteiger partial charge on any atom is 0.137 e. The van der Waals surface area contributed by atoms with Crippen LogP contribution in [0.25, 0.3) is 0 Å². The molecule has 0 saturated heterocycles. The molecule has 0 bridgehead atoms. The van der Waals surface area contributed by atoms with E-state index in [1.807, 2.05) is 18.2 Å². The molecule has 21 heavy (non-hydrogen) atoms. The van der Waals surface area contributed by atoms with Gasteiger partial charge < -0.3 is 5.32 Å². The highest BCUT2D eigenvalue weighted by atomic mass is 79.9. The van der Waals surface area contributed by atoms with Crippen molar-refractivity contribution in [2.24, 2.45) is 0 Å². The minimum atomic E-state index is -0.269. The Labute approximate surface area is 146 Å². The first-order chi connectivity index (χ1) is 10.0. The van der Waals surface area contributed by atoms with Gasteiger partial charge in [0.2, 0.25) is 0 Å². The molecular formula is C16H15Br2ClFN. The Kier molecular flexibility index (Phi) is 6.23. The van der Waals surface area contributed by atoms with Crippen LogP contribution in [0.5, 0.6) is 0 Å². The van der Waals surface area contributed by atoms with Gasteiger partial charge in [0.05, 0.1) is 10.5 Å². The Morgan fingerprint density at radius 1 is 1.19 bits per heavy atom. The number of rotatable bonds is 5. The zero-order valence-corrected chi connectivity index (χ0v) is 15.4. The summed E-state index contributed by atoms with van der Waals surface area (Å²) in [5.74, 6) is -0.269. The molecule has 0 aliphatic rings. The summed E-state index contributed by atoms with van der Waals surface area (Å²) in [7, 11) is 0. The molecule has 0 spiro atoms. The standard InChI is InChI=1S/C16H15Br2ClFN/c1-2-7-21-16(10-3-6-15(20)13(18)8-10)12-5-4-11(17)9-14(12)19/h3-6,8-9,16,21H,2,7H2,1H3. The van der Waals surface area contributed by atoms with Gasteiger partial charge in [0.15, 0.2) is 0 Å². The summed E-state index contributed by atoms with van der Waals surface area (Å²) in [5.41, 5.74) is 1.95. The van der Waals surface area contributed by atoms with E-state index in [1.165, 1.54) is 6.07 Å². The summed E-state index contributed by atoms with van der Waals surface area (Å²) in [6.45, 7) is 2.96. The second-order valence-corrected chi connectivity index (χ2v) is 6.90. The van der Waals surface area contributed by atoms with Crippen LogP contribution in [0.2, 0.25) is 5.02 Å². The lowest BCUT2D eigenvalue weighted by atomic mass is 9.98. The van der Waals surface area contributed by atoms with Gasteiger partial charge in [-0.1, -0.05) is 46.6 Å². The molecule has 112 valence electrons. The van der Waals surface area contributed by atoms with Crippen LogP contribution in [-0.2, 0) is 0 Å². The maximum absolute atomic E-state index is 13.4. The third-order valence-corrected chi connectivity index (χ3v) is 4.58. The molecule has 0 amide bonds. The fraction of sp³-hybridized carbons (Fsp3) is 0.250. The first-order valence-corrected chi connectivity index (χ1v) is 8.62. The zero-order chi connectivity index (χ0) is 15.4. The van der Waals surface area contributed by atoms with E-state index >= 15 is 0 Å². The van der Waals surface area contributed by atoms with Crippen molar-refractivity contribution in [1.82, 2.24) is 5.32 Å². The molecule has 1 nitrogen and oxygen atoms in total. The molecule has 0 aliphatic carbocycles. The van der Waals surface area contributed by atoms with E-state index in [0.717, 1.165) is 28.6 Å². The lowest BCUT2D eigenvalue weighted by Crippen LogP contribution is -2.23. The van der Waals surface area contributed by atoms with E-state index in [-0.39, 0.29) is 11.9 Å². The number of benzene rings is 2. The van der Waals surface area contributed by atoms with Crippen molar-refractivity contribution in [2.45, 2.75) is 19.4 Å². The Bertz CT molecular complexity index is 634. The van der Waals surface area contributed by atoms with E-state index in [9.17, 15) is 4.39 Å². The smallest absolute Gasteiger partial charge is 0.137 e. The van der Waals surface area contributed by atoms with E-state index < -0.39 is 0 Å². The van der Waals surface area contributed by atoms with Gasteiger partial charge >= 0.3 is 0 Å². The fourth-order valence-corrected chi connectivity index (χ4v) is 3.30. The van der Waals surface area contributed by atoms with Crippen LogP contribution in [0.3, 0.4) is 0 Å². The van der Waals surface area contributed by atoms with Gasteiger partial charge in [-0.15, -0.1) is 0 Å². The van der Waals surface area contributed by atoms with Gasteiger partial charge in [-0.3, -0.25) is 0 Å². The maximum atomic E-state index is 13.4. The van der Waals surface area contributed by atoms with Crippen LogP contribution < -0.4 is 5.32 Å². The van der Waals surface area contributed by atoms with Crippen LogP contribution in [0.4, 0.5) is 4.39 Å². The Morgan fingerprint density at radius 3 is 2.57 bits per heavy atom. The molecule has 1 atom stereocenters. The summed E-state index contributed by atoms with van der Waals surface area (Å²) in [5, 5.41) is 4.15. The summed E-state index contributed by atoms with van der Waals surface area (Å²) < 4.78 is 14.8. The topological polar surface area (TPSA) is 12.0 Å². The van der Waals surface area contributed by atoms with Gasteiger partial charge in [0, 0.05) is 9.50 Å². The quantitative estimate of drug-likeness (QED) is 0.599.